The first-order chi connectivity index (χ1) is 14.0. The summed E-state index contributed by atoms with van der Waals surface area (Å²) in [7, 11) is 0. The lowest BCUT2D eigenvalue weighted by Crippen LogP contribution is -2.34. The molecule has 0 unspecified atom stereocenters. The summed E-state index contributed by atoms with van der Waals surface area (Å²) in [4.78, 5) is 12.8. The van der Waals surface area contributed by atoms with Crippen molar-refractivity contribution in [3.8, 4) is 5.75 Å². The summed E-state index contributed by atoms with van der Waals surface area (Å²) in [5.74, 6) is 0.132. The number of carbonyl (C=O) groups excluding carboxylic acids is 1. The Hall–Kier alpha value is -2.41. The van der Waals surface area contributed by atoms with Crippen molar-refractivity contribution in [3.63, 3.8) is 0 Å². The summed E-state index contributed by atoms with van der Waals surface area (Å²) >= 11 is 14.6. The molecule has 0 saturated heterocycles. The highest BCUT2D eigenvalue weighted by molar-refractivity contribution is 9.10. The van der Waals surface area contributed by atoms with Gasteiger partial charge in [0.05, 0.1) is 12.2 Å². The van der Waals surface area contributed by atoms with E-state index in [9.17, 15) is 4.79 Å². The van der Waals surface area contributed by atoms with E-state index in [2.05, 4.69) is 26.6 Å². The largest absolute Gasteiger partial charge is 0.492 e. The van der Waals surface area contributed by atoms with Crippen LogP contribution in [-0.2, 0) is 6.42 Å². The average Bonchev–Trinajstić information content (AvgIpc) is 2.69. The van der Waals surface area contributed by atoms with Gasteiger partial charge < -0.3 is 10.1 Å². The Labute approximate surface area is 188 Å². The Morgan fingerprint density at radius 2 is 1.83 bits per heavy atom. The minimum absolute atomic E-state index is 0.174. The van der Waals surface area contributed by atoms with Crippen LogP contribution in [0.3, 0.4) is 0 Å². The molecule has 4 nitrogen and oxygen atoms in total. The highest BCUT2D eigenvalue weighted by Gasteiger charge is 2.15. The molecule has 1 amide bonds. The lowest BCUT2D eigenvalue weighted by molar-refractivity contribution is 0.0973. The van der Waals surface area contributed by atoms with Crippen LogP contribution in [0.5, 0.6) is 5.75 Å². The number of hydrogen-bond donors (Lipinski definition) is 2. The predicted molar refractivity (Wildman–Crippen MR) is 125 cm³/mol. The fourth-order valence-corrected chi connectivity index (χ4v) is 3.39. The third kappa shape index (κ3) is 6.56. The quantitative estimate of drug-likeness (QED) is 0.426. The number of anilines is 1. The summed E-state index contributed by atoms with van der Waals surface area (Å²) in [6, 6.07) is 22.4. The van der Waals surface area contributed by atoms with Gasteiger partial charge in [-0.15, -0.1) is 0 Å². The third-order valence-electron chi connectivity index (χ3n) is 3.99. The van der Waals surface area contributed by atoms with E-state index in [1.54, 1.807) is 30.3 Å². The van der Waals surface area contributed by atoms with Gasteiger partial charge in [0.2, 0.25) is 0 Å². The lowest BCUT2D eigenvalue weighted by Gasteiger charge is -2.14. The second-order valence-corrected chi connectivity index (χ2v) is 7.90. The summed E-state index contributed by atoms with van der Waals surface area (Å²) in [5.41, 5.74) is 2.25. The number of ether oxygens (including phenoxy) is 1. The molecule has 0 aromatic heterocycles. The normalized spacial score (nSPS) is 10.3. The van der Waals surface area contributed by atoms with Crippen LogP contribution in [-0.4, -0.2) is 17.6 Å². The monoisotopic (exact) mass is 488 g/mol. The van der Waals surface area contributed by atoms with Crippen LogP contribution in [0, 0.1) is 0 Å². The molecule has 0 bridgehead atoms. The van der Waals surface area contributed by atoms with Crippen molar-refractivity contribution in [1.82, 2.24) is 5.32 Å². The molecule has 148 valence electrons. The number of benzene rings is 3. The van der Waals surface area contributed by atoms with E-state index in [-0.39, 0.29) is 11.0 Å². The topological polar surface area (TPSA) is 50.4 Å². The van der Waals surface area contributed by atoms with E-state index in [0.717, 1.165) is 10.9 Å². The number of halogens is 2. The number of thiocarbonyl (C=S) groups is 1. The van der Waals surface area contributed by atoms with Crippen molar-refractivity contribution in [2.75, 3.05) is 11.9 Å². The molecule has 0 fully saturated rings. The van der Waals surface area contributed by atoms with Crippen molar-refractivity contribution >= 4 is 56.5 Å². The van der Waals surface area contributed by atoms with Crippen LogP contribution in [0.15, 0.2) is 77.3 Å². The van der Waals surface area contributed by atoms with Gasteiger partial charge in [-0.25, -0.2) is 0 Å². The molecule has 0 atom stereocenters. The minimum Gasteiger partial charge on any atom is -0.492 e. The first kappa shape index (κ1) is 21.3. The second-order valence-electron chi connectivity index (χ2n) is 6.14. The Bertz CT molecular complexity index is 1010. The van der Waals surface area contributed by atoms with Gasteiger partial charge in [-0.05, 0) is 54.2 Å². The molecular formula is C22H18BrClN2O2S. The highest BCUT2D eigenvalue weighted by atomic mass is 79.9. The number of hydrogen-bond acceptors (Lipinski definition) is 3. The Balaban J connectivity index is 1.64. The first-order valence-electron chi connectivity index (χ1n) is 8.85. The van der Waals surface area contributed by atoms with Gasteiger partial charge in [-0.3, -0.25) is 10.1 Å². The van der Waals surface area contributed by atoms with Crippen LogP contribution in [0.4, 0.5) is 5.69 Å². The lowest BCUT2D eigenvalue weighted by atomic mass is 10.1. The van der Waals surface area contributed by atoms with E-state index < -0.39 is 0 Å². The number of amides is 1. The molecule has 0 saturated carbocycles. The number of nitrogens with one attached hydrogen (secondary N) is 2. The zero-order valence-corrected chi connectivity index (χ0v) is 18.5. The molecule has 0 aliphatic heterocycles. The van der Waals surface area contributed by atoms with Gasteiger partial charge >= 0.3 is 0 Å². The average molecular weight is 490 g/mol. The number of rotatable bonds is 6. The Kier molecular flexibility index (Phi) is 7.63. The summed E-state index contributed by atoms with van der Waals surface area (Å²) in [6.45, 7) is 0.455. The molecule has 0 aliphatic carbocycles. The van der Waals surface area contributed by atoms with Crippen LogP contribution in [0.25, 0.3) is 0 Å². The van der Waals surface area contributed by atoms with Crippen molar-refractivity contribution in [2.24, 2.45) is 0 Å². The Morgan fingerprint density at radius 1 is 1.03 bits per heavy atom. The second kappa shape index (κ2) is 10.4. The summed E-state index contributed by atoms with van der Waals surface area (Å²) < 4.78 is 6.64. The third-order valence-corrected chi connectivity index (χ3v) is 4.92. The van der Waals surface area contributed by atoms with E-state index >= 15 is 0 Å². The van der Waals surface area contributed by atoms with Gasteiger partial charge in [0.25, 0.3) is 5.91 Å². The van der Waals surface area contributed by atoms with Crippen LogP contribution in [0.1, 0.15) is 15.9 Å². The molecule has 0 radical (unpaired) electrons. The van der Waals surface area contributed by atoms with Crippen LogP contribution < -0.4 is 15.4 Å². The van der Waals surface area contributed by atoms with E-state index in [4.69, 9.17) is 28.6 Å². The van der Waals surface area contributed by atoms with E-state index in [1.165, 1.54) is 5.56 Å². The SMILES string of the molecule is O=C(NC(=S)Nc1cccc(Cl)c1)c1cc(Br)ccc1OCCc1ccccc1. The smallest absolute Gasteiger partial charge is 0.261 e. The molecule has 0 aliphatic rings. The Morgan fingerprint density at radius 3 is 2.59 bits per heavy atom. The van der Waals surface area contributed by atoms with Crippen molar-refractivity contribution in [1.29, 1.82) is 0 Å². The zero-order chi connectivity index (χ0) is 20.6. The van der Waals surface area contributed by atoms with Gasteiger partial charge in [-0.2, -0.15) is 0 Å². The molecule has 0 spiro atoms. The van der Waals surface area contributed by atoms with Crippen molar-refractivity contribution in [2.45, 2.75) is 6.42 Å². The number of carbonyl (C=O) groups is 1. The summed E-state index contributed by atoms with van der Waals surface area (Å²) in [5, 5.41) is 6.37. The van der Waals surface area contributed by atoms with E-state index in [1.807, 2.05) is 42.5 Å². The van der Waals surface area contributed by atoms with Crippen LogP contribution >= 0.6 is 39.7 Å². The molecule has 0 heterocycles. The first-order valence-corrected chi connectivity index (χ1v) is 10.4. The molecule has 29 heavy (non-hydrogen) atoms. The maximum atomic E-state index is 12.8. The van der Waals surface area contributed by atoms with Gasteiger partial charge in [-0.1, -0.05) is 63.9 Å². The van der Waals surface area contributed by atoms with Gasteiger partial charge in [0, 0.05) is 21.6 Å². The standard InChI is InChI=1S/C22H18BrClN2O2S/c23-16-9-10-20(28-12-11-15-5-2-1-3-6-15)19(13-16)21(27)26-22(29)25-18-8-4-7-17(24)14-18/h1-10,13-14H,11-12H2,(H2,25,26,27,29). The fraction of sp³-hybridized carbons (Fsp3) is 0.0909. The highest BCUT2D eigenvalue weighted by Crippen LogP contribution is 2.24. The maximum absolute atomic E-state index is 12.8. The molecule has 7 heteroatoms. The van der Waals surface area contributed by atoms with Crippen molar-refractivity contribution in [3.05, 3.63) is 93.4 Å². The van der Waals surface area contributed by atoms with Gasteiger partial charge in [0.1, 0.15) is 5.75 Å². The molecule has 3 rings (SSSR count). The molecular weight excluding hydrogens is 472 g/mol. The maximum Gasteiger partial charge on any atom is 0.261 e. The fourth-order valence-electron chi connectivity index (χ4n) is 2.63. The van der Waals surface area contributed by atoms with E-state index in [0.29, 0.717) is 28.6 Å². The summed E-state index contributed by atoms with van der Waals surface area (Å²) in [6.07, 6.45) is 0.743. The zero-order valence-electron chi connectivity index (χ0n) is 15.3. The molecule has 3 aromatic carbocycles. The predicted octanol–water partition coefficient (Wildman–Crippen LogP) is 5.85. The minimum atomic E-state index is -0.361. The molecule has 2 N–H and O–H groups in total. The molecule has 3 aromatic rings. The van der Waals surface area contributed by atoms with Crippen molar-refractivity contribution < 1.29 is 9.53 Å². The van der Waals surface area contributed by atoms with Crippen LogP contribution in [0.2, 0.25) is 5.02 Å². The van der Waals surface area contributed by atoms with Gasteiger partial charge in [0.15, 0.2) is 5.11 Å².